The maximum Gasteiger partial charge on any atom is 0.293 e. The van der Waals surface area contributed by atoms with Crippen molar-refractivity contribution in [2.24, 2.45) is 11.5 Å². The van der Waals surface area contributed by atoms with Crippen LogP contribution in [0.15, 0.2) is 0 Å². The first kappa shape index (κ1) is 13.9. The lowest BCUT2D eigenvalue weighted by molar-refractivity contribution is -0.138. The van der Waals surface area contributed by atoms with Gasteiger partial charge in [-0.15, -0.1) is 0 Å². The van der Waals surface area contributed by atoms with Crippen LogP contribution in [-0.2, 0) is 9.53 Å². The Morgan fingerprint density at radius 1 is 1.25 bits per heavy atom. The molecule has 0 fully saturated rings. The maximum absolute atomic E-state index is 9.60. The van der Waals surface area contributed by atoms with Crippen LogP contribution in [-0.4, -0.2) is 25.2 Å². The Bertz CT molecular complexity index is 97.7. The van der Waals surface area contributed by atoms with Gasteiger partial charge in [-0.3, -0.25) is 4.79 Å². The van der Waals surface area contributed by atoms with Crippen molar-refractivity contribution >= 4 is 6.47 Å². The fourth-order valence-electron chi connectivity index (χ4n) is 0.262. The van der Waals surface area contributed by atoms with Gasteiger partial charge in [0.25, 0.3) is 6.47 Å². The van der Waals surface area contributed by atoms with E-state index in [0.717, 1.165) is 19.5 Å². The molecule has 0 aliphatic carbocycles. The van der Waals surface area contributed by atoms with E-state index in [1.165, 1.54) is 0 Å². The van der Waals surface area contributed by atoms with E-state index in [0.29, 0.717) is 6.47 Å². The molecule has 0 saturated carbocycles. The van der Waals surface area contributed by atoms with E-state index in [1.807, 2.05) is 20.8 Å². The first-order chi connectivity index (χ1) is 5.47. The average molecular weight is 176 g/mol. The van der Waals surface area contributed by atoms with Crippen molar-refractivity contribution in [3.63, 3.8) is 0 Å². The number of carbonyl (C=O) groups is 1. The maximum atomic E-state index is 9.60. The van der Waals surface area contributed by atoms with E-state index < -0.39 is 0 Å². The van der Waals surface area contributed by atoms with E-state index in [1.54, 1.807) is 0 Å². The fourth-order valence-corrected chi connectivity index (χ4v) is 0.262. The standard InChI is InChI=1S/C5H10O2.C3H10N2/c1-5(2,3)7-4-6;4-2-1-3-5/h4H,1-3H3;1-5H2. The molecule has 4 heteroatoms. The Kier molecular flexibility index (Phi) is 9.86. The van der Waals surface area contributed by atoms with Gasteiger partial charge >= 0.3 is 0 Å². The molecule has 0 aliphatic heterocycles. The quantitative estimate of drug-likeness (QED) is 0.604. The summed E-state index contributed by atoms with van der Waals surface area (Å²) in [6.45, 7) is 7.36. The van der Waals surface area contributed by atoms with Gasteiger partial charge < -0.3 is 16.2 Å². The molecule has 0 aromatic heterocycles. The van der Waals surface area contributed by atoms with Crippen molar-refractivity contribution in [2.75, 3.05) is 13.1 Å². The van der Waals surface area contributed by atoms with Crippen molar-refractivity contribution in [3.8, 4) is 0 Å². The summed E-state index contributed by atoms with van der Waals surface area (Å²) in [6.07, 6.45) is 0.944. The van der Waals surface area contributed by atoms with E-state index in [9.17, 15) is 4.79 Å². The summed E-state index contributed by atoms with van der Waals surface area (Å²) in [6, 6.07) is 0. The predicted octanol–water partition coefficient (Wildman–Crippen LogP) is 0.252. The lowest BCUT2D eigenvalue weighted by Gasteiger charge is -2.14. The van der Waals surface area contributed by atoms with Gasteiger partial charge in [0.1, 0.15) is 5.60 Å². The van der Waals surface area contributed by atoms with Crippen molar-refractivity contribution in [2.45, 2.75) is 32.8 Å². The van der Waals surface area contributed by atoms with Crippen LogP contribution in [0.25, 0.3) is 0 Å². The molecule has 0 bridgehead atoms. The highest BCUT2D eigenvalue weighted by Crippen LogP contribution is 2.02. The molecule has 0 heterocycles. The average Bonchev–Trinajstić information content (AvgIpc) is 1.87. The molecule has 0 atom stereocenters. The lowest BCUT2D eigenvalue weighted by atomic mass is 10.2. The first-order valence-corrected chi connectivity index (χ1v) is 3.99. The van der Waals surface area contributed by atoms with Gasteiger partial charge in [0, 0.05) is 0 Å². The Morgan fingerprint density at radius 3 is 1.67 bits per heavy atom. The third-order valence-corrected chi connectivity index (χ3v) is 0.810. The van der Waals surface area contributed by atoms with Crippen LogP contribution in [0.1, 0.15) is 27.2 Å². The van der Waals surface area contributed by atoms with Gasteiger partial charge in [0.05, 0.1) is 0 Å². The van der Waals surface area contributed by atoms with Crippen LogP contribution in [0, 0.1) is 0 Å². The molecular weight excluding hydrogens is 156 g/mol. The number of nitrogens with two attached hydrogens (primary N) is 2. The number of hydrogen-bond donors (Lipinski definition) is 2. The van der Waals surface area contributed by atoms with Gasteiger partial charge in [0.15, 0.2) is 0 Å². The molecule has 12 heavy (non-hydrogen) atoms. The second-order valence-electron chi connectivity index (χ2n) is 3.26. The summed E-state index contributed by atoms with van der Waals surface area (Å²) in [4.78, 5) is 9.60. The zero-order valence-corrected chi connectivity index (χ0v) is 8.17. The molecule has 0 aromatic carbocycles. The summed E-state index contributed by atoms with van der Waals surface area (Å²) in [5.74, 6) is 0. The van der Waals surface area contributed by atoms with Crippen molar-refractivity contribution in [1.29, 1.82) is 0 Å². The van der Waals surface area contributed by atoms with E-state index in [4.69, 9.17) is 11.5 Å². The number of carbonyl (C=O) groups excluding carboxylic acids is 1. The molecule has 4 nitrogen and oxygen atoms in total. The molecule has 0 radical (unpaired) electrons. The minimum Gasteiger partial charge on any atom is -0.462 e. The first-order valence-electron chi connectivity index (χ1n) is 3.99. The number of rotatable bonds is 3. The summed E-state index contributed by atoms with van der Waals surface area (Å²) in [5, 5.41) is 0. The third kappa shape index (κ3) is 22.8. The molecular formula is C8H20N2O2. The minimum atomic E-state index is -0.318. The van der Waals surface area contributed by atoms with Gasteiger partial charge in [-0.2, -0.15) is 0 Å². The van der Waals surface area contributed by atoms with Gasteiger partial charge in [-0.1, -0.05) is 0 Å². The predicted molar refractivity (Wildman–Crippen MR) is 49.6 cm³/mol. The van der Waals surface area contributed by atoms with Crippen LogP contribution in [0.2, 0.25) is 0 Å². The Balaban J connectivity index is 0. The molecule has 0 saturated heterocycles. The summed E-state index contributed by atoms with van der Waals surface area (Å²) >= 11 is 0. The van der Waals surface area contributed by atoms with E-state index in [2.05, 4.69) is 4.74 Å². The van der Waals surface area contributed by atoms with Crippen LogP contribution >= 0.6 is 0 Å². The molecule has 0 amide bonds. The van der Waals surface area contributed by atoms with Gasteiger partial charge in [0.2, 0.25) is 0 Å². The SMILES string of the molecule is CC(C)(C)OC=O.NCCCN. The summed E-state index contributed by atoms with van der Waals surface area (Å²) < 4.78 is 4.55. The van der Waals surface area contributed by atoms with Gasteiger partial charge in [-0.25, -0.2) is 0 Å². The Labute approximate surface area is 74.3 Å². The third-order valence-electron chi connectivity index (χ3n) is 0.810. The summed E-state index contributed by atoms with van der Waals surface area (Å²) in [5.41, 5.74) is 9.80. The fraction of sp³-hybridized carbons (Fsp3) is 0.875. The monoisotopic (exact) mass is 176 g/mol. The largest absolute Gasteiger partial charge is 0.462 e. The zero-order chi connectivity index (χ0) is 10.0. The molecule has 0 rings (SSSR count). The summed E-state index contributed by atoms with van der Waals surface area (Å²) in [7, 11) is 0. The molecule has 0 unspecified atom stereocenters. The molecule has 74 valence electrons. The van der Waals surface area contributed by atoms with Crippen molar-refractivity contribution in [3.05, 3.63) is 0 Å². The highest BCUT2D eigenvalue weighted by molar-refractivity contribution is 5.37. The number of ether oxygens (including phenoxy) is 1. The van der Waals surface area contributed by atoms with Crippen LogP contribution in [0.4, 0.5) is 0 Å². The van der Waals surface area contributed by atoms with E-state index >= 15 is 0 Å². The zero-order valence-electron chi connectivity index (χ0n) is 8.17. The normalized spacial score (nSPS) is 9.75. The highest BCUT2D eigenvalue weighted by atomic mass is 16.5. The van der Waals surface area contributed by atoms with Crippen LogP contribution in [0.5, 0.6) is 0 Å². The smallest absolute Gasteiger partial charge is 0.293 e. The highest BCUT2D eigenvalue weighted by Gasteiger charge is 2.07. The molecule has 0 aliphatic rings. The van der Waals surface area contributed by atoms with Crippen molar-refractivity contribution in [1.82, 2.24) is 0 Å². The number of hydrogen-bond acceptors (Lipinski definition) is 4. The molecule has 0 aromatic rings. The Hall–Kier alpha value is -0.610. The second kappa shape index (κ2) is 8.49. The molecule has 0 spiro atoms. The van der Waals surface area contributed by atoms with Crippen LogP contribution < -0.4 is 11.5 Å². The minimum absolute atomic E-state index is 0.318. The topological polar surface area (TPSA) is 78.3 Å². The Morgan fingerprint density at radius 2 is 1.67 bits per heavy atom. The lowest BCUT2D eigenvalue weighted by Crippen LogP contribution is -2.17. The second-order valence-corrected chi connectivity index (χ2v) is 3.26. The molecule has 4 N–H and O–H groups in total. The van der Waals surface area contributed by atoms with E-state index in [-0.39, 0.29) is 5.60 Å². The van der Waals surface area contributed by atoms with Crippen LogP contribution in [0.3, 0.4) is 0 Å². The van der Waals surface area contributed by atoms with Crippen molar-refractivity contribution < 1.29 is 9.53 Å². The van der Waals surface area contributed by atoms with Gasteiger partial charge in [-0.05, 0) is 40.3 Å².